The van der Waals surface area contributed by atoms with Gasteiger partial charge in [-0.3, -0.25) is 4.79 Å². The second kappa shape index (κ2) is 4.49. The molecule has 0 unspecified atom stereocenters. The van der Waals surface area contributed by atoms with Crippen LogP contribution < -0.4 is 0 Å². The summed E-state index contributed by atoms with van der Waals surface area (Å²) in [5.41, 5.74) is -0.462. The molecule has 2 nitrogen and oxygen atoms in total. The summed E-state index contributed by atoms with van der Waals surface area (Å²) in [5, 5.41) is 0. The Morgan fingerprint density at radius 3 is 2.50 bits per heavy atom. The van der Waals surface area contributed by atoms with Crippen LogP contribution in [0.1, 0.15) is 23.2 Å². The lowest BCUT2D eigenvalue weighted by Crippen LogP contribution is -2.29. The fourth-order valence-electron chi connectivity index (χ4n) is 1.80. The highest BCUT2D eigenvalue weighted by molar-refractivity contribution is 9.10. The third-order valence-corrected chi connectivity index (χ3v) is 3.26. The zero-order valence-electron chi connectivity index (χ0n) is 8.47. The van der Waals surface area contributed by atoms with Crippen LogP contribution in [0.2, 0.25) is 0 Å². The molecule has 1 amide bonds. The number of benzene rings is 1. The van der Waals surface area contributed by atoms with E-state index < -0.39 is 23.1 Å². The predicted molar refractivity (Wildman–Crippen MR) is 59.2 cm³/mol. The molecule has 0 N–H and O–H groups in total. The molecule has 0 spiro atoms. The summed E-state index contributed by atoms with van der Waals surface area (Å²) in [6.07, 6.45) is 1.78. The molecule has 0 radical (unpaired) electrons. The highest BCUT2D eigenvalue weighted by Gasteiger charge is 2.26. The molecule has 0 aliphatic carbocycles. The summed E-state index contributed by atoms with van der Waals surface area (Å²) in [5.74, 6) is -2.19. The maximum Gasteiger partial charge on any atom is 0.259 e. The molecule has 1 saturated heterocycles. The molecule has 0 bridgehead atoms. The van der Waals surface area contributed by atoms with Crippen LogP contribution in [-0.4, -0.2) is 23.9 Å². The molecule has 1 aromatic rings. The van der Waals surface area contributed by atoms with Crippen molar-refractivity contribution in [1.29, 1.82) is 0 Å². The fraction of sp³-hybridized carbons (Fsp3) is 0.364. The lowest BCUT2D eigenvalue weighted by molar-refractivity contribution is 0.0783. The Labute approximate surface area is 100 Å². The number of amides is 1. The van der Waals surface area contributed by atoms with Crippen molar-refractivity contribution in [2.75, 3.05) is 13.1 Å². The standard InChI is InChI=1S/C11H10BrF2NO/c12-7-3-4-8(13)9(10(7)14)11(16)15-5-1-2-6-15/h3-4H,1-2,5-6H2. The van der Waals surface area contributed by atoms with Crippen molar-refractivity contribution in [2.24, 2.45) is 0 Å². The van der Waals surface area contributed by atoms with Crippen molar-refractivity contribution in [3.05, 3.63) is 33.8 Å². The van der Waals surface area contributed by atoms with E-state index in [9.17, 15) is 13.6 Å². The number of carbonyl (C=O) groups is 1. The highest BCUT2D eigenvalue weighted by Crippen LogP contribution is 2.24. The molecule has 1 aliphatic rings. The number of nitrogens with zero attached hydrogens (tertiary/aromatic N) is 1. The van der Waals surface area contributed by atoms with Crippen LogP contribution in [-0.2, 0) is 0 Å². The summed E-state index contributed by atoms with van der Waals surface area (Å²) in [6, 6.07) is 2.35. The summed E-state index contributed by atoms with van der Waals surface area (Å²) < 4.78 is 27.2. The second-order valence-corrected chi connectivity index (χ2v) is 4.57. The van der Waals surface area contributed by atoms with Gasteiger partial charge in [-0.25, -0.2) is 8.78 Å². The first-order valence-corrected chi connectivity index (χ1v) is 5.83. The van der Waals surface area contributed by atoms with Gasteiger partial charge >= 0.3 is 0 Å². The Kier molecular flexibility index (Phi) is 3.23. The van der Waals surface area contributed by atoms with Crippen molar-refractivity contribution in [1.82, 2.24) is 4.90 Å². The normalized spacial score (nSPS) is 15.6. The molecular weight excluding hydrogens is 280 g/mol. The third-order valence-electron chi connectivity index (χ3n) is 2.65. The number of carbonyl (C=O) groups excluding carboxylic acids is 1. The van der Waals surface area contributed by atoms with Gasteiger partial charge in [0.25, 0.3) is 5.91 Å². The van der Waals surface area contributed by atoms with Crippen LogP contribution in [0, 0.1) is 11.6 Å². The average molecular weight is 290 g/mol. The van der Waals surface area contributed by atoms with Gasteiger partial charge in [-0.15, -0.1) is 0 Å². The van der Waals surface area contributed by atoms with Crippen LogP contribution in [0.25, 0.3) is 0 Å². The maximum absolute atomic E-state index is 13.6. The van der Waals surface area contributed by atoms with E-state index in [4.69, 9.17) is 0 Å². The number of hydrogen-bond donors (Lipinski definition) is 0. The second-order valence-electron chi connectivity index (χ2n) is 3.72. The Balaban J connectivity index is 2.39. The van der Waals surface area contributed by atoms with Gasteiger partial charge in [0.1, 0.15) is 11.4 Å². The molecule has 1 aliphatic heterocycles. The summed E-state index contributed by atoms with van der Waals surface area (Å²) in [6.45, 7) is 1.15. The number of hydrogen-bond acceptors (Lipinski definition) is 1. The first kappa shape index (κ1) is 11.5. The van der Waals surface area contributed by atoms with Gasteiger partial charge in [0.2, 0.25) is 0 Å². The monoisotopic (exact) mass is 289 g/mol. The molecule has 16 heavy (non-hydrogen) atoms. The van der Waals surface area contributed by atoms with Gasteiger partial charge in [0.15, 0.2) is 5.82 Å². The highest BCUT2D eigenvalue weighted by atomic mass is 79.9. The molecule has 1 heterocycles. The maximum atomic E-state index is 13.6. The largest absolute Gasteiger partial charge is 0.338 e. The molecule has 2 rings (SSSR count). The first-order chi connectivity index (χ1) is 7.61. The Bertz CT molecular complexity index is 430. The molecule has 1 fully saturated rings. The van der Waals surface area contributed by atoms with Crippen LogP contribution >= 0.6 is 15.9 Å². The smallest absolute Gasteiger partial charge is 0.259 e. The van der Waals surface area contributed by atoms with Crippen molar-refractivity contribution >= 4 is 21.8 Å². The van der Waals surface area contributed by atoms with E-state index >= 15 is 0 Å². The van der Waals surface area contributed by atoms with Gasteiger partial charge in [-0.1, -0.05) is 0 Å². The van der Waals surface area contributed by atoms with Gasteiger partial charge < -0.3 is 4.90 Å². The molecule has 1 aromatic carbocycles. The van der Waals surface area contributed by atoms with Crippen molar-refractivity contribution in [3.8, 4) is 0 Å². The molecule has 0 aromatic heterocycles. The number of rotatable bonds is 1. The Morgan fingerprint density at radius 1 is 1.25 bits per heavy atom. The van der Waals surface area contributed by atoms with E-state index in [0.717, 1.165) is 18.9 Å². The van der Waals surface area contributed by atoms with Gasteiger partial charge in [0, 0.05) is 13.1 Å². The minimum Gasteiger partial charge on any atom is -0.338 e. The molecular formula is C11H10BrF2NO. The van der Waals surface area contributed by atoms with E-state index in [-0.39, 0.29) is 4.47 Å². The molecule has 0 saturated carbocycles. The summed E-state index contributed by atoms with van der Waals surface area (Å²) >= 11 is 2.94. The van der Waals surface area contributed by atoms with Crippen LogP contribution in [0.3, 0.4) is 0 Å². The lowest BCUT2D eigenvalue weighted by Gasteiger charge is -2.16. The van der Waals surface area contributed by atoms with Gasteiger partial charge in [-0.05, 0) is 40.9 Å². The van der Waals surface area contributed by atoms with Crippen molar-refractivity contribution in [3.63, 3.8) is 0 Å². The SMILES string of the molecule is O=C(c1c(F)ccc(Br)c1F)N1CCCC1. The average Bonchev–Trinajstić information content (AvgIpc) is 2.77. The van der Waals surface area contributed by atoms with E-state index in [1.165, 1.54) is 11.0 Å². The summed E-state index contributed by atoms with van der Waals surface area (Å²) in [7, 11) is 0. The molecule has 0 atom stereocenters. The van der Waals surface area contributed by atoms with Crippen LogP contribution in [0.5, 0.6) is 0 Å². The Hall–Kier alpha value is -0.970. The lowest BCUT2D eigenvalue weighted by atomic mass is 10.1. The van der Waals surface area contributed by atoms with E-state index in [2.05, 4.69) is 15.9 Å². The topological polar surface area (TPSA) is 20.3 Å². The van der Waals surface area contributed by atoms with Gasteiger partial charge in [-0.2, -0.15) is 0 Å². The van der Waals surface area contributed by atoms with E-state index in [1.54, 1.807) is 0 Å². The summed E-state index contributed by atoms with van der Waals surface area (Å²) in [4.78, 5) is 13.3. The Morgan fingerprint density at radius 2 is 1.88 bits per heavy atom. The predicted octanol–water partition coefficient (Wildman–Crippen LogP) is 2.96. The minimum absolute atomic E-state index is 0.108. The number of halogens is 3. The molecule has 86 valence electrons. The quantitative estimate of drug-likeness (QED) is 0.728. The molecule has 5 heteroatoms. The van der Waals surface area contributed by atoms with E-state index in [0.29, 0.717) is 13.1 Å². The first-order valence-electron chi connectivity index (χ1n) is 5.04. The van der Waals surface area contributed by atoms with Crippen LogP contribution in [0.4, 0.5) is 8.78 Å². The van der Waals surface area contributed by atoms with Crippen molar-refractivity contribution < 1.29 is 13.6 Å². The zero-order chi connectivity index (χ0) is 11.7. The minimum atomic E-state index is -0.822. The zero-order valence-corrected chi connectivity index (χ0v) is 10.1. The van der Waals surface area contributed by atoms with Crippen molar-refractivity contribution in [2.45, 2.75) is 12.8 Å². The van der Waals surface area contributed by atoms with Gasteiger partial charge in [0.05, 0.1) is 4.47 Å². The van der Waals surface area contributed by atoms with E-state index in [1.807, 2.05) is 0 Å². The van der Waals surface area contributed by atoms with Crippen LogP contribution in [0.15, 0.2) is 16.6 Å². The third kappa shape index (κ3) is 1.96. The number of likely N-dealkylation sites (tertiary alicyclic amines) is 1. The fourth-order valence-corrected chi connectivity index (χ4v) is 2.13.